The number of hydrogen-bond acceptors (Lipinski definition) is 5. The van der Waals surface area contributed by atoms with Gasteiger partial charge in [-0.3, -0.25) is 14.9 Å². The van der Waals surface area contributed by atoms with Gasteiger partial charge in [-0.05, 0) is 55.0 Å². The van der Waals surface area contributed by atoms with Crippen LogP contribution in [0.4, 0.5) is 0 Å². The van der Waals surface area contributed by atoms with Gasteiger partial charge >= 0.3 is 0 Å². The molecular weight excluding hydrogens is 416 g/mol. The Hall–Kier alpha value is -4.13. The molecule has 0 aliphatic carbocycles. The second-order valence-electron chi connectivity index (χ2n) is 7.75. The molecule has 1 N–H and O–H groups in total. The molecule has 4 aromatic rings. The lowest BCUT2D eigenvalue weighted by Gasteiger charge is -2.27. The molecule has 1 aliphatic rings. The van der Waals surface area contributed by atoms with Crippen LogP contribution in [-0.2, 0) is 6.54 Å². The molecule has 5 rings (SSSR count). The van der Waals surface area contributed by atoms with E-state index in [-0.39, 0.29) is 11.9 Å². The van der Waals surface area contributed by atoms with Crippen molar-refractivity contribution >= 4 is 5.91 Å². The Bertz CT molecular complexity index is 1270. The van der Waals surface area contributed by atoms with Gasteiger partial charge in [0.2, 0.25) is 0 Å². The lowest BCUT2D eigenvalue weighted by atomic mass is 9.95. The number of nitrogens with zero attached hydrogens (tertiary/aromatic N) is 3. The van der Waals surface area contributed by atoms with Gasteiger partial charge in [0.1, 0.15) is 17.2 Å². The van der Waals surface area contributed by atoms with Crippen LogP contribution in [0.3, 0.4) is 0 Å². The molecule has 2 aromatic heterocycles. The third kappa shape index (κ3) is 3.71. The van der Waals surface area contributed by atoms with Crippen molar-refractivity contribution in [2.45, 2.75) is 19.5 Å². The molecule has 7 nitrogen and oxygen atoms in total. The maximum atomic E-state index is 13.5. The molecule has 1 aliphatic heterocycles. The van der Waals surface area contributed by atoms with E-state index in [0.29, 0.717) is 18.8 Å². The van der Waals surface area contributed by atoms with Crippen molar-refractivity contribution in [1.29, 1.82) is 0 Å². The van der Waals surface area contributed by atoms with Crippen LogP contribution in [0.1, 0.15) is 40.1 Å². The van der Waals surface area contributed by atoms with Gasteiger partial charge in [-0.15, -0.1) is 0 Å². The molecule has 0 unspecified atom stereocenters. The van der Waals surface area contributed by atoms with Crippen molar-refractivity contribution in [1.82, 2.24) is 20.1 Å². The molecule has 7 heteroatoms. The molecule has 3 heterocycles. The Morgan fingerprint density at radius 3 is 2.52 bits per heavy atom. The second-order valence-corrected chi connectivity index (χ2v) is 7.75. The number of para-hydroxylation sites is 1. The zero-order valence-corrected chi connectivity index (χ0v) is 18.5. The first-order valence-corrected chi connectivity index (χ1v) is 10.9. The number of hydrogen-bond donors (Lipinski definition) is 1. The number of aromatic amines is 1. The standard InChI is InChI=1S/C26H24N4O3/c1-3-33-19-10-8-18(9-11-19)23-22-24(29-28-23)26(31)30(16-17-12-14-27-15-13-17)25(22)20-6-4-5-7-21(20)32-2/h4-15,25H,3,16H2,1-2H3,(H,28,29)/t25-/m1/s1. The molecule has 0 bridgehead atoms. The zero-order chi connectivity index (χ0) is 22.8. The van der Waals surface area contributed by atoms with Crippen molar-refractivity contribution in [3.8, 4) is 22.8 Å². The van der Waals surface area contributed by atoms with E-state index in [4.69, 9.17) is 9.47 Å². The summed E-state index contributed by atoms with van der Waals surface area (Å²) in [6.45, 7) is 3.00. The summed E-state index contributed by atoms with van der Waals surface area (Å²) in [7, 11) is 1.65. The van der Waals surface area contributed by atoms with Crippen molar-refractivity contribution in [2.24, 2.45) is 0 Å². The molecule has 0 saturated carbocycles. The number of ether oxygens (including phenoxy) is 2. The second kappa shape index (κ2) is 8.78. The Labute approximate surface area is 192 Å². The Balaban J connectivity index is 1.63. The van der Waals surface area contributed by atoms with Crippen LogP contribution in [0.5, 0.6) is 11.5 Å². The number of rotatable bonds is 7. The van der Waals surface area contributed by atoms with Crippen molar-refractivity contribution in [3.05, 3.63) is 95.4 Å². The number of fused-ring (bicyclic) bond motifs is 1. The van der Waals surface area contributed by atoms with E-state index < -0.39 is 0 Å². The lowest BCUT2D eigenvalue weighted by molar-refractivity contribution is 0.0728. The Kier molecular flexibility index (Phi) is 5.52. The number of H-pyrrole nitrogens is 1. The highest BCUT2D eigenvalue weighted by molar-refractivity contribution is 6.00. The van der Waals surface area contributed by atoms with Gasteiger partial charge < -0.3 is 14.4 Å². The van der Waals surface area contributed by atoms with E-state index in [1.165, 1.54) is 0 Å². The Morgan fingerprint density at radius 1 is 1.03 bits per heavy atom. The number of nitrogens with one attached hydrogen (secondary N) is 1. The predicted molar refractivity (Wildman–Crippen MR) is 124 cm³/mol. The lowest BCUT2D eigenvalue weighted by Crippen LogP contribution is -2.29. The first-order chi connectivity index (χ1) is 16.2. The quantitative estimate of drug-likeness (QED) is 0.453. The van der Waals surface area contributed by atoms with Gasteiger partial charge in [-0.2, -0.15) is 5.10 Å². The minimum atomic E-state index is -0.350. The van der Waals surface area contributed by atoms with E-state index in [1.807, 2.05) is 72.5 Å². The van der Waals surface area contributed by atoms with Gasteiger partial charge in [0, 0.05) is 35.6 Å². The van der Waals surface area contributed by atoms with Gasteiger partial charge in [0.15, 0.2) is 0 Å². The maximum Gasteiger partial charge on any atom is 0.273 e. The monoisotopic (exact) mass is 440 g/mol. The Morgan fingerprint density at radius 2 is 1.79 bits per heavy atom. The summed E-state index contributed by atoms with van der Waals surface area (Å²) in [5, 5.41) is 7.54. The van der Waals surface area contributed by atoms with Crippen LogP contribution < -0.4 is 9.47 Å². The number of carbonyl (C=O) groups excluding carboxylic acids is 1. The zero-order valence-electron chi connectivity index (χ0n) is 18.5. The average molecular weight is 441 g/mol. The summed E-state index contributed by atoms with van der Waals surface area (Å²) in [4.78, 5) is 19.5. The number of amides is 1. The largest absolute Gasteiger partial charge is 0.496 e. The van der Waals surface area contributed by atoms with E-state index in [9.17, 15) is 4.79 Å². The molecule has 0 fully saturated rings. The summed E-state index contributed by atoms with van der Waals surface area (Å²) in [6, 6.07) is 19.1. The van der Waals surface area contributed by atoms with E-state index in [1.54, 1.807) is 19.5 Å². The summed E-state index contributed by atoms with van der Waals surface area (Å²) in [6.07, 6.45) is 3.47. The molecule has 0 radical (unpaired) electrons. The van der Waals surface area contributed by atoms with Gasteiger partial charge in [-0.25, -0.2) is 0 Å². The van der Waals surface area contributed by atoms with Crippen LogP contribution >= 0.6 is 0 Å². The fourth-order valence-corrected chi connectivity index (χ4v) is 4.36. The highest BCUT2D eigenvalue weighted by Crippen LogP contribution is 2.46. The summed E-state index contributed by atoms with van der Waals surface area (Å²) >= 11 is 0. The van der Waals surface area contributed by atoms with Crippen molar-refractivity contribution < 1.29 is 14.3 Å². The number of carbonyl (C=O) groups is 1. The third-order valence-corrected chi connectivity index (χ3v) is 5.84. The number of pyridine rings is 1. The summed E-state index contributed by atoms with van der Waals surface area (Å²) in [5.74, 6) is 1.43. The normalized spacial score (nSPS) is 14.9. The van der Waals surface area contributed by atoms with Crippen LogP contribution in [0.25, 0.3) is 11.3 Å². The molecule has 166 valence electrons. The first-order valence-electron chi connectivity index (χ1n) is 10.9. The van der Waals surface area contributed by atoms with E-state index >= 15 is 0 Å². The SMILES string of the molecule is CCOc1ccc(-c2n[nH]c3c2[C@@H](c2ccccc2OC)N(Cc2ccncc2)C3=O)cc1. The molecule has 33 heavy (non-hydrogen) atoms. The number of benzene rings is 2. The minimum Gasteiger partial charge on any atom is -0.496 e. The van der Waals surface area contributed by atoms with Crippen LogP contribution in [0, 0.1) is 0 Å². The highest BCUT2D eigenvalue weighted by atomic mass is 16.5. The van der Waals surface area contributed by atoms with Gasteiger partial charge in [0.25, 0.3) is 5.91 Å². The highest BCUT2D eigenvalue weighted by Gasteiger charge is 2.43. The number of methoxy groups -OCH3 is 1. The first kappa shape index (κ1) is 20.8. The van der Waals surface area contributed by atoms with E-state index in [0.717, 1.165) is 39.4 Å². The van der Waals surface area contributed by atoms with Crippen LogP contribution in [0.15, 0.2) is 73.1 Å². The molecule has 1 amide bonds. The fourth-order valence-electron chi connectivity index (χ4n) is 4.36. The molecule has 0 saturated heterocycles. The predicted octanol–water partition coefficient (Wildman–Crippen LogP) is 4.62. The minimum absolute atomic E-state index is 0.0950. The summed E-state index contributed by atoms with van der Waals surface area (Å²) in [5.41, 5.74) is 4.92. The smallest absolute Gasteiger partial charge is 0.273 e. The topological polar surface area (TPSA) is 80.3 Å². The molecule has 1 atom stereocenters. The van der Waals surface area contributed by atoms with Crippen molar-refractivity contribution in [3.63, 3.8) is 0 Å². The van der Waals surface area contributed by atoms with E-state index in [2.05, 4.69) is 15.2 Å². The van der Waals surface area contributed by atoms with Crippen LogP contribution in [-0.4, -0.2) is 39.7 Å². The molecular formula is C26H24N4O3. The molecule has 0 spiro atoms. The van der Waals surface area contributed by atoms with Gasteiger partial charge in [-0.1, -0.05) is 18.2 Å². The third-order valence-electron chi connectivity index (χ3n) is 5.84. The van der Waals surface area contributed by atoms with Crippen molar-refractivity contribution in [2.75, 3.05) is 13.7 Å². The fraction of sp³-hybridized carbons (Fsp3) is 0.192. The summed E-state index contributed by atoms with van der Waals surface area (Å²) < 4.78 is 11.3. The average Bonchev–Trinajstić information content (AvgIpc) is 3.40. The van der Waals surface area contributed by atoms with Gasteiger partial charge in [0.05, 0.1) is 25.5 Å². The van der Waals surface area contributed by atoms with Crippen LogP contribution in [0.2, 0.25) is 0 Å². The molecule has 2 aromatic carbocycles. The number of aromatic nitrogens is 3. The maximum absolute atomic E-state index is 13.5.